The zero-order valence-electron chi connectivity index (χ0n) is 16.1. The van der Waals surface area contributed by atoms with Crippen molar-refractivity contribution in [3.8, 4) is 11.6 Å². The number of ether oxygens (including phenoxy) is 1. The van der Waals surface area contributed by atoms with Crippen LogP contribution < -0.4 is 9.64 Å². The molecule has 0 radical (unpaired) electrons. The van der Waals surface area contributed by atoms with Crippen LogP contribution >= 0.6 is 35.6 Å². The van der Waals surface area contributed by atoms with E-state index in [1.165, 1.54) is 24.3 Å². The first kappa shape index (κ1) is 23.1. The molecule has 0 spiro atoms. The minimum atomic E-state index is -4.56. The summed E-state index contributed by atoms with van der Waals surface area (Å²) < 4.78 is 58.5. The molecule has 12 heteroatoms. The standard InChI is InChI=1S/C21H10ClF4N3O2S2/c22-19-27-10-15(23)17(28-19)31-14-6-1-3-11(7-14)8-16-18(30)29(20(32)33-16)13-5-2-4-12(9-13)21(24,25)26/h1-10H/b16-8-. The number of hydrogen-bond donors (Lipinski definition) is 0. The molecule has 0 N–H and O–H groups in total. The highest BCUT2D eigenvalue weighted by atomic mass is 35.5. The van der Waals surface area contributed by atoms with E-state index in [1.54, 1.807) is 18.2 Å². The molecule has 1 aromatic heterocycles. The maximum absolute atomic E-state index is 13.8. The Morgan fingerprint density at radius 2 is 1.91 bits per heavy atom. The Kier molecular flexibility index (Phi) is 6.37. The third-order valence-electron chi connectivity index (χ3n) is 4.28. The lowest BCUT2D eigenvalue weighted by molar-refractivity contribution is -0.137. The van der Waals surface area contributed by atoms with E-state index in [0.29, 0.717) is 5.56 Å². The third-order valence-corrected chi connectivity index (χ3v) is 5.76. The molecule has 0 aliphatic carbocycles. The van der Waals surface area contributed by atoms with Gasteiger partial charge in [0.05, 0.1) is 22.4 Å². The molecule has 0 bridgehead atoms. The van der Waals surface area contributed by atoms with E-state index in [-0.39, 0.29) is 31.8 Å². The van der Waals surface area contributed by atoms with Gasteiger partial charge in [0, 0.05) is 0 Å². The summed E-state index contributed by atoms with van der Waals surface area (Å²) in [6, 6.07) is 10.7. The predicted molar refractivity (Wildman–Crippen MR) is 121 cm³/mol. The number of halogens is 5. The summed E-state index contributed by atoms with van der Waals surface area (Å²) in [6.07, 6.45) is -2.18. The Labute approximate surface area is 199 Å². The van der Waals surface area contributed by atoms with Gasteiger partial charge in [0.2, 0.25) is 11.1 Å². The van der Waals surface area contributed by atoms with Gasteiger partial charge in [-0.15, -0.1) is 0 Å². The quantitative estimate of drug-likeness (QED) is 0.173. The Hall–Kier alpha value is -3.02. The van der Waals surface area contributed by atoms with Crippen molar-refractivity contribution in [2.24, 2.45) is 0 Å². The Morgan fingerprint density at radius 3 is 2.67 bits per heavy atom. The van der Waals surface area contributed by atoms with Gasteiger partial charge in [0.25, 0.3) is 11.8 Å². The SMILES string of the molecule is O=C1/C(=C/c2cccc(Oc3nc(Cl)ncc3F)c2)SC(=S)N1c1cccc(C(F)(F)F)c1. The van der Waals surface area contributed by atoms with Crippen LogP contribution in [0.4, 0.5) is 23.2 Å². The molecule has 2 heterocycles. The number of carbonyl (C=O) groups excluding carboxylic acids is 1. The third kappa shape index (κ3) is 5.15. The second-order valence-corrected chi connectivity index (χ2v) is 8.55. The minimum absolute atomic E-state index is 0.0175. The smallest absolute Gasteiger partial charge is 0.416 e. The first-order chi connectivity index (χ1) is 15.6. The minimum Gasteiger partial charge on any atom is -0.436 e. The van der Waals surface area contributed by atoms with Crippen molar-refractivity contribution in [2.75, 3.05) is 4.90 Å². The van der Waals surface area contributed by atoms with E-state index in [2.05, 4.69) is 9.97 Å². The monoisotopic (exact) mass is 511 g/mol. The van der Waals surface area contributed by atoms with E-state index in [1.807, 2.05) is 0 Å². The molecule has 1 amide bonds. The molecule has 1 aliphatic heterocycles. The zero-order chi connectivity index (χ0) is 23.8. The van der Waals surface area contributed by atoms with Crippen molar-refractivity contribution < 1.29 is 27.1 Å². The molecule has 2 aromatic carbocycles. The van der Waals surface area contributed by atoms with Gasteiger partial charge in [0.15, 0.2) is 4.32 Å². The number of thiocarbonyl (C=S) groups is 1. The van der Waals surface area contributed by atoms with Crippen molar-refractivity contribution in [2.45, 2.75) is 6.18 Å². The maximum atomic E-state index is 13.8. The highest BCUT2D eigenvalue weighted by Gasteiger charge is 2.36. The van der Waals surface area contributed by atoms with Gasteiger partial charge in [-0.25, -0.2) is 4.98 Å². The first-order valence-electron chi connectivity index (χ1n) is 9.03. The second-order valence-electron chi connectivity index (χ2n) is 6.53. The summed E-state index contributed by atoms with van der Waals surface area (Å²) >= 11 is 11.8. The van der Waals surface area contributed by atoms with Gasteiger partial charge in [-0.3, -0.25) is 9.69 Å². The predicted octanol–water partition coefficient (Wildman–Crippen LogP) is 6.49. The van der Waals surface area contributed by atoms with Crippen molar-refractivity contribution in [3.63, 3.8) is 0 Å². The number of carbonyl (C=O) groups is 1. The molecule has 3 aromatic rings. The van der Waals surface area contributed by atoms with Gasteiger partial charge < -0.3 is 4.74 Å². The number of thioether (sulfide) groups is 1. The Bertz CT molecular complexity index is 1300. The van der Waals surface area contributed by atoms with E-state index in [9.17, 15) is 22.4 Å². The highest BCUT2D eigenvalue weighted by Crippen LogP contribution is 2.38. The molecule has 0 unspecified atom stereocenters. The van der Waals surface area contributed by atoms with Crippen LogP contribution in [-0.2, 0) is 11.0 Å². The largest absolute Gasteiger partial charge is 0.436 e. The lowest BCUT2D eigenvalue weighted by Crippen LogP contribution is -2.27. The van der Waals surface area contributed by atoms with Crippen LogP contribution in [0.15, 0.2) is 59.6 Å². The zero-order valence-corrected chi connectivity index (χ0v) is 18.5. The summed E-state index contributed by atoms with van der Waals surface area (Å²) in [6.45, 7) is 0. The molecular formula is C21H10ClF4N3O2S2. The molecule has 1 aliphatic rings. The van der Waals surface area contributed by atoms with Gasteiger partial charge in [0.1, 0.15) is 5.75 Å². The number of nitrogens with zero attached hydrogens (tertiary/aromatic N) is 3. The Morgan fingerprint density at radius 1 is 1.15 bits per heavy atom. The van der Waals surface area contributed by atoms with Crippen LogP contribution in [0, 0.1) is 5.82 Å². The molecule has 168 valence electrons. The molecule has 0 atom stereocenters. The number of aromatic nitrogens is 2. The van der Waals surface area contributed by atoms with Crippen molar-refractivity contribution in [3.05, 3.63) is 81.9 Å². The fraction of sp³-hybridized carbons (Fsp3) is 0.0476. The molecule has 33 heavy (non-hydrogen) atoms. The molecule has 5 nitrogen and oxygen atoms in total. The van der Waals surface area contributed by atoms with E-state index in [4.69, 9.17) is 28.6 Å². The van der Waals surface area contributed by atoms with Gasteiger partial charge >= 0.3 is 6.18 Å². The fourth-order valence-electron chi connectivity index (χ4n) is 2.85. The first-order valence-corrected chi connectivity index (χ1v) is 10.6. The van der Waals surface area contributed by atoms with Gasteiger partial charge in [-0.1, -0.05) is 42.2 Å². The number of hydrogen-bond acceptors (Lipinski definition) is 6. The van der Waals surface area contributed by atoms with Crippen molar-refractivity contribution in [1.82, 2.24) is 9.97 Å². The summed E-state index contributed by atoms with van der Waals surface area (Å²) in [5.74, 6) is -1.54. The van der Waals surface area contributed by atoms with Crippen molar-refractivity contribution in [1.29, 1.82) is 0 Å². The van der Waals surface area contributed by atoms with E-state index >= 15 is 0 Å². The van der Waals surface area contributed by atoms with Crippen LogP contribution in [0.3, 0.4) is 0 Å². The second kappa shape index (κ2) is 9.08. The number of rotatable bonds is 4. The summed E-state index contributed by atoms with van der Waals surface area (Å²) in [5, 5.41) is -0.194. The average molecular weight is 512 g/mol. The summed E-state index contributed by atoms with van der Waals surface area (Å²) in [5.41, 5.74) is -0.360. The normalized spacial score (nSPS) is 15.4. The van der Waals surface area contributed by atoms with Gasteiger partial charge in [-0.05, 0) is 53.6 Å². The number of benzene rings is 2. The topological polar surface area (TPSA) is 55.3 Å². The lowest BCUT2D eigenvalue weighted by Gasteiger charge is -2.16. The van der Waals surface area contributed by atoms with Crippen molar-refractivity contribution >= 4 is 57.6 Å². The van der Waals surface area contributed by atoms with Gasteiger partial charge in [-0.2, -0.15) is 22.5 Å². The van der Waals surface area contributed by atoms with Crippen LogP contribution in [0.1, 0.15) is 11.1 Å². The van der Waals surface area contributed by atoms with Crippen LogP contribution in [0.2, 0.25) is 5.28 Å². The molecular weight excluding hydrogens is 502 g/mol. The Balaban J connectivity index is 1.59. The highest BCUT2D eigenvalue weighted by molar-refractivity contribution is 8.27. The molecule has 1 fully saturated rings. The molecule has 0 saturated carbocycles. The summed E-state index contributed by atoms with van der Waals surface area (Å²) in [4.78, 5) is 21.3. The summed E-state index contributed by atoms with van der Waals surface area (Å²) in [7, 11) is 0. The van der Waals surface area contributed by atoms with Crippen LogP contribution in [0.5, 0.6) is 11.6 Å². The number of alkyl halides is 3. The van der Waals surface area contributed by atoms with E-state index in [0.717, 1.165) is 35.0 Å². The van der Waals surface area contributed by atoms with Crippen LogP contribution in [-0.4, -0.2) is 20.2 Å². The number of amides is 1. The van der Waals surface area contributed by atoms with Crippen LogP contribution in [0.25, 0.3) is 6.08 Å². The fourth-order valence-corrected chi connectivity index (χ4v) is 4.27. The average Bonchev–Trinajstić information content (AvgIpc) is 3.03. The molecule has 4 rings (SSSR count). The lowest BCUT2D eigenvalue weighted by atomic mass is 10.1. The maximum Gasteiger partial charge on any atom is 0.416 e. The molecule has 1 saturated heterocycles. The number of anilines is 1. The van der Waals surface area contributed by atoms with E-state index < -0.39 is 23.5 Å².